The quantitative estimate of drug-likeness (QED) is 0.538. The monoisotopic (exact) mass is 374 g/mol. The lowest BCUT2D eigenvalue weighted by Crippen LogP contribution is -2.39. The van der Waals surface area contributed by atoms with Crippen molar-refractivity contribution in [3.05, 3.63) is 100 Å². The van der Waals surface area contributed by atoms with Gasteiger partial charge in [-0.05, 0) is 65.3 Å². The maximum atomic E-state index is 6.74. The van der Waals surface area contributed by atoms with Gasteiger partial charge in [0.25, 0.3) is 0 Å². The topological polar surface area (TPSA) is 18.5 Å². The number of allylic oxidation sites excluding steroid dienone is 3. The first-order chi connectivity index (χ1) is 13.2. The van der Waals surface area contributed by atoms with Gasteiger partial charge in [-0.2, -0.15) is 0 Å². The van der Waals surface area contributed by atoms with E-state index < -0.39 is 5.60 Å². The van der Waals surface area contributed by atoms with Gasteiger partial charge in [-0.3, -0.25) is 0 Å². The maximum Gasteiger partial charge on any atom is 0.147 e. The largest absolute Gasteiger partial charge is 0.457 e. The van der Waals surface area contributed by atoms with Crippen LogP contribution < -0.4 is 4.74 Å². The standard InChI is InChI=1S/C26H30O2/c1-17(2)8-14-24-21(7)26(28-18(3)4,22-12-9-19(5)10-13-22)23-16-20(6)11-15-25(23)27-24/h8-16,18H,1H2,2-7H3/b14-8-. The molecule has 1 aliphatic rings. The molecule has 1 heterocycles. The Kier molecular flexibility index (Phi) is 5.62. The van der Waals surface area contributed by atoms with E-state index in [0.29, 0.717) is 0 Å². The number of aryl methyl sites for hydroxylation is 2. The van der Waals surface area contributed by atoms with E-state index in [1.807, 2.05) is 25.1 Å². The summed E-state index contributed by atoms with van der Waals surface area (Å²) in [4.78, 5) is 0. The minimum Gasteiger partial charge on any atom is -0.457 e. The maximum absolute atomic E-state index is 6.74. The van der Waals surface area contributed by atoms with Gasteiger partial charge in [0.15, 0.2) is 0 Å². The molecule has 2 aromatic carbocycles. The molecule has 0 spiro atoms. The molecule has 0 fully saturated rings. The fraction of sp³-hybridized carbons (Fsp3) is 0.308. The second kappa shape index (κ2) is 7.81. The minimum atomic E-state index is -0.698. The number of fused-ring (bicyclic) bond motifs is 1. The van der Waals surface area contributed by atoms with Crippen LogP contribution in [0.2, 0.25) is 0 Å². The molecule has 0 amide bonds. The van der Waals surface area contributed by atoms with Crippen LogP contribution in [-0.4, -0.2) is 6.10 Å². The Morgan fingerprint density at radius 2 is 1.68 bits per heavy atom. The van der Waals surface area contributed by atoms with Crippen LogP contribution in [0.1, 0.15) is 49.9 Å². The minimum absolute atomic E-state index is 0.0362. The molecular formula is C26H30O2. The van der Waals surface area contributed by atoms with Crippen LogP contribution in [0.4, 0.5) is 0 Å². The second-order valence-electron chi connectivity index (χ2n) is 7.98. The van der Waals surface area contributed by atoms with Gasteiger partial charge < -0.3 is 9.47 Å². The molecule has 2 nitrogen and oxygen atoms in total. The van der Waals surface area contributed by atoms with Crippen LogP contribution in [-0.2, 0) is 10.3 Å². The Hall–Kier alpha value is -2.58. The first-order valence-corrected chi connectivity index (χ1v) is 9.83. The summed E-state index contributed by atoms with van der Waals surface area (Å²) in [5.74, 6) is 1.64. The molecule has 0 saturated carbocycles. The third kappa shape index (κ3) is 3.70. The van der Waals surface area contributed by atoms with Gasteiger partial charge >= 0.3 is 0 Å². The van der Waals surface area contributed by atoms with Gasteiger partial charge in [-0.1, -0.05) is 59.7 Å². The predicted octanol–water partition coefficient (Wildman–Crippen LogP) is 6.77. The molecule has 1 unspecified atom stereocenters. The Labute approximate surface area is 169 Å². The Morgan fingerprint density at radius 3 is 2.29 bits per heavy atom. The molecule has 0 N–H and O–H groups in total. The van der Waals surface area contributed by atoms with Crippen molar-refractivity contribution in [1.29, 1.82) is 0 Å². The van der Waals surface area contributed by atoms with Gasteiger partial charge in [0.1, 0.15) is 17.1 Å². The van der Waals surface area contributed by atoms with Crippen LogP contribution in [0.3, 0.4) is 0 Å². The summed E-state index contributed by atoms with van der Waals surface area (Å²) in [5, 5.41) is 0. The molecule has 2 heteroatoms. The summed E-state index contributed by atoms with van der Waals surface area (Å²) in [6, 6.07) is 14.9. The number of ether oxygens (including phenoxy) is 2. The molecule has 0 radical (unpaired) electrons. The highest BCUT2D eigenvalue weighted by atomic mass is 16.5. The lowest BCUT2D eigenvalue weighted by atomic mass is 9.77. The zero-order valence-corrected chi connectivity index (χ0v) is 17.8. The van der Waals surface area contributed by atoms with Gasteiger partial charge in [0, 0.05) is 11.1 Å². The van der Waals surface area contributed by atoms with E-state index in [-0.39, 0.29) is 6.10 Å². The van der Waals surface area contributed by atoms with Gasteiger partial charge in [0.05, 0.1) is 6.10 Å². The van der Waals surface area contributed by atoms with Crippen molar-refractivity contribution in [2.75, 3.05) is 0 Å². The molecule has 3 rings (SSSR count). The third-order valence-electron chi connectivity index (χ3n) is 5.02. The van der Waals surface area contributed by atoms with Crippen LogP contribution in [0.15, 0.2) is 78.1 Å². The van der Waals surface area contributed by atoms with Gasteiger partial charge in [0.2, 0.25) is 0 Å². The van der Waals surface area contributed by atoms with Gasteiger partial charge in [-0.15, -0.1) is 0 Å². The van der Waals surface area contributed by atoms with Crippen molar-refractivity contribution >= 4 is 0 Å². The lowest BCUT2D eigenvalue weighted by molar-refractivity contribution is -0.0381. The first-order valence-electron chi connectivity index (χ1n) is 9.83. The molecule has 2 aromatic rings. The number of benzene rings is 2. The summed E-state index contributed by atoms with van der Waals surface area (Å²) >= 11 is 0. The summed E-state index contributed by atoms with van der Waals surface area (Å²) in [5.41, 5.74) is 5.89. The predicted molar refractivity (Wildman–Crippen MR) is 117 cm³/mol. The van der Waals surface area contributed by atoms with Crippen LogP contribution in [0.25, 0.3) is 0 Å². The highest BCUT2D eigenvalue weighted by Gasteiger charge is 2.45. The zero-order chi connectivity index (χ0) is 20.5. The molecule has 1 aliphatic heterocycles. The van der Waals surface area contributed by atoms with Crippen LogP contribution >= 0.6 is 0 Å². The van der Waals surface area contributed by atoms with E-state index in [0.717, 1.165) is 33.8 Å². The van der Waals surface area contributed by atoms with Crippen molar-refractivity contribution < 1.29 is 9.47 Å². The zero-order valence-electron chi connectivity index (χ0n) is 17.8. The number of hydrogen-bond donors (Lipinski definition) is 0. The molecule has 0 aliphatic carbocycles. The molecule has 1 atom stereocenters. The number of hydrogen-bond acceptors (Lipinski definition) is 2. The first kappa shape index (κ1) is 20.2. The summed E-state index contributed by atoms with van der Waals surface area (Å²) < 4.78 is 13.0. The molecule has 28 heavy (non-hydrogen) atoms. The Morgan fingerprint density at radius 1 is 1.04 bits per heavy atom. The third-order valence-corrected chi connectivity index (χ3v) is 5.02. The average Bonchev–Trinajstić information content (AvgIpc) is 2.63. The molecule has 0 bridgehead atoms. The summed E-state index contributed by atoms with van der Waals surface area (Å²) in [7, 11) is 0. The smallest absolute Gasteiger partial charge is 0.147 e. The summed E-state index contributed by atoms with van der Waals surface area (Å²) in [6.07, 6.45) is 4.01. The van der Waals surface area contributed by atoms with E-state index in [1.165, 1.54) is 11.1 Å². The van der Waals surface area contributed by atoms with Crippen molar-refractivity contribution in [2.45, 2.75) is 53.2 Å². The number of rotatable bonds is 5. The molecule has 0 saturated heterocycles. The fourth-order valence-electron chi connectivity index (χ4n) is 3.69. The molecule has 146 valence electrons. The second-order valence-corrected chi connectivity index (χ2v) is 7.98. The normalized spacial score (nSPS) is 19.1. The average molecular weight is 375 g/mol. The van der Waals surface area contributed by atoms with E-state index in [1.54, 1.807) is 0 Å². The highest BCUT2D eigenvalue weighted by molar-refractivity contribution is 5.57. The molecular weight excluding hydrogens is 344 g/mol. The van der Waals surface area contributed by atoms with Crippen molar-refractivity contribution in [3.63, 3.8) is 0 Å². The Balaban J connectivity index is 2.35. The van der Waals surface area contributed by atoms with E-state index in [2.05, 4.69) is 77.6 Å². The van der Waals surface area contributed by atoms with Crippen molar-refractivity contribution in [1.82, 2.24) is 0 Å². The van der Waals surface area contributed by atoms with Crippen LogP contribution in [0.5, 0.6) is 5.75 Å². The summed E-state index contributed by atoms with van der Waals surface area (Å²) in [6.45, 7) is 16.4. The SMILES string of the molecule is C=C(C)/C=C\C1=C(C)C(OC(C)C)(c2ccc(C)cc2)c2cc(C)ccc2O1. The molecule has 0 aromatic heterocycles. The van der Waals surface area contributed by atoms with Gasteiger partial charge in [-0.25, -0.2) is 0 Å². The van der Waals surface area contributed by atoms with Crippen LogP contribution in [0, 0.1) is 13.8 Å². The van der Waals surface area contributed by atoms with Crippen molar-refractivity contribution in [3.8, 4) is 5.75 Å². The van der Waals surface area contributed by atoms with E-state index in [9.17, 15) is 0 Å². The highest BCUT2D eigenvalue weighted by Crippen LogP contribution is 2.50. The van der Waals surface area contributed by atoms with Crippen molar-refractivity contribution in [2.24, 2.45) is 0 Å². The fourth-order valence-corrected chi connectivity index (χ4v) is 3.69. The lowest BCUT2D eigenvalue weighted by Gasteiger charge is -2.42. The Bertz CT molecular complexity index is 945. The van der Waals surface area contributed by atoms with E-state index >= 15 is 0 Å². The van der Waals surface area contributed by atoms with E-state index in [4.69, 9.17) is 9.47 Å².